The Balaban J connectivity index is 1.45. The molecule has 1 heterocycles. The number of carbonyl (C=O) groups is 2. The van der Waals surface area contributed by atoms with Gasteiger partial charge in [0.1, 0.15) is 0 Å². The molecule has 0 unspecified atom stereocenters. The average Bonchev–Trinajstić information content (AvgIpc) is 2.83. The number of hydrogen-bond donors (Lipinski definition) is 0. The molecule has 2 aromatic rings. The summed E-state index contributed by atoms with van der Waals surface area (Å²) in [6, 6.07) is 13.6. The zero-order chi connectivity index (χ0) is 22.8. The SMILES string of the molecule is CCOC(=O)c1ccc(N=NN2CCN(N=Nc3ccc(C(=O)OCC)cc3)CC2)cc1. The lowest BCUT2D eigenvalue weighted by molar-refractivity contribution is 0.0517. The van der Waals surface area contributed by atoms with Crippen LogP contribution in [0.4, 0.5) is 11.4 Å². The summed E-state index contributed by atoms with van der Waals surface area (Å²) < 4.78 is 9.93. The second-order valence-corrected chi connectivity index (χ2v) is 6.82. The summed E-state index contributed by atoms with van der Waals surface area (Å²) in [6.07, 6.45) is 0. The molecule has 0 aromatic heterocycles. The van der Waals surface area contributed by atoms with Gasteiger partial charge < -0.3 is 9.47 Å². The highest BCUT2D eigenvalue weighted by Gasteiger charge is 2.14. The highest BCUT2D eigenvalue weighted by Crippen LogP contribution is 2.17. The van der Waals surface area contributed by atoms with Gasteiger partial charge in [0, 0.05) is 0 Å². The second-order valence-electron chi connectivity index (χ2n) is 6.82. The average molecular weight is 438 g/mol. The minimum Gasteiger partial charge on any atom is -0.462 e. The summed E-state index contributed by atoms with van der Waals surface area (Å²) >= 11 is 0. The van der Waals surface area contributed by atoms with E-state index in [0.717, 1.165) is 0 Å². The van der Waals surface area contributed by atoms with Gasteiger partial charge in [-0.2, -0.15) is 0 Å². The van der Waals surface area contributed by atoms with Crippen LogP contribution in [0.15, 0.2) is 69.2 Å². The number of nitrogens with zero attached hydrogens (tertiary/aromatic N) is 6. The van der Waals surface area contributed by atoms with E-state index < -0.39 is 0 Å². The van der Waals surface area contributed by atoms with Crippen molar-refractivity contribution in [3.8, 4) is 0 Å². The summed E-state index contributed by atoms with van der Waals surface area (Å²) in [6.45, 7) is 6.85. The molecule has 0 radical (unpaired) electrons. The lowest BCUT2D eigenvalue weighted by Gasteiger charge is -2.29. The van der Waals surface area contributed by atoms with Gasteiger partial charge in [0.25, 0.3) is 0 Å². The number of ether oxygens (including phenoxy) is 2. The summed E-state index contributed by atoms with van der Waals surface area (Å²) in [5.41, 5.74) is 2.29. The molecule has 0 bridgehead atoms. The van der Waals surface area contributed by atoms with Gasteiger partial charge in [-0.05, 0) is 62.4 Å². The van der Waals surface area contributed by atoms with E-state index in [1.807, 2.05) is 10.0 Å². The van der Waals surface area contributed by atoms with Gasteiger partial charge in [0.05, 0.1) is 61.9 Å². The Hall–Kier alpha value is -3.82. The van der Waals surface area contributed by atoms with Crippen LogP contribution in [0.3, 0.4) is 0 Å². The molecular formula is C22H26N6O4. The van der Waals surface area contributed by atoms with Crippen LogP contribution in [0, 0.1) is 0 Å². The van der Waals surface area contributed by atoms with E-state index in [-0.39, 0.29) is 11.9 Å². The van der Waals surface area contributed by atoms with Gasteiger partial charge in [-0.3, -0.25) is 10.0 Å². The van der Waals surface area contributed by atoms with Crippen LogP contribution in [0.5, 0.6) is 0 Å². The molecular weight excluding hydrogens is 412 g/mol. The summed E-state index contributed by atoms with van der Waals surface area (Å²) in [4.78, 5) is 23.4. The highest BCUT2D eigenvalue weighted by atomic mass is 16.5. The predicted octanol–water partition coefficient (Wildman–Crippen LogP) is 4.36. The normalized spacial score (nSPS) is 14.2. The molecule has 1 saturated heterocycles. The third-order valence-electron chi connectivity index (χ3n) is 4.56. The molecule has 0 amide bonds. The van der Waals surface area contributed by atoms with Gasteiger partial charge in [-0.1, -0.05) is 10.4 Å². The van der Waals surface area contributed by atoms with Crippen LogP contribution in [-0.4, -0.2) is 61.3 Å². The van der Waals surface area contributed by atoms with Gasteiger partial charge in [-0.15, -0.1) is 10.2 Å². The van der Waals surface area contributed by atoms with Crippen molar-refractivity contribution >= 4 is 23.3 Å². The Morgan fingerprint density at radius 1 is 0.688 bits per heavy atom. The Morgan fingerprint density at radius 2 is 1.03 bits per heavy atom. The van der Waals surface area contributed by atoms with Gasteiger partial charge in [-0.25, -0.2) is 9.59 Å². The van der Waals surface area contributed by atoms with E-state index in [1.165, 1.54) is 0 Å². The number of benzene rings is 2. The fourth-order valence-corrected chi connectivity index (χ4v) is 2.85. The largest absolute Gasteiger partial charge is 0.462 e. The Bertz CT molecular complexity index is 872. The molecule has 32 heavy (non-hydrogen) atoms. The lowest BCUT2D eigenvalue weighted by Crippen LogP contribution is -2.40. The minimum absolute atomic E-state index is 0.341. The molecule has 0 N–H and O–H groups in total. The maximum atomic E-state index is 11.7. The molecule has 0 saturated carbocycles. The third-order valence-corrected chi connectivity index (χ3v) is 4.56. The van der Waals surface area contributed by atoms with E-state index in [0.29, 0.717) is 61.9 Å². The van der Waals surface area contributed by atoms with Crippen LogP contribution in [0.1, 0.15) is 34.6 Å². The second kappa shape index (κ2) is 11.5. The van der Waals surface area contributed by atoms with Crippen LogP contribution in [-0.2, 0) is 9.47 Å². The Morgan fingerprint density at radius 3 is 1.34 bits per heavy atom. The fraction of sp³-hybridized carbons (Fsp3) is 0.364. The summed E-state index contributed by atoms with van der Waals surface area (Å²) in [7, 11) is 0. The molecule has 0 spiro atoms. The van der Waals surface area contributed by atoms with E-state index in [9.17, 15) is 9.59 Å². The molecule has 10 heteroatoms. The van der Waals surface area contributed by atoms with E-state index in [2.05, 4.69) is 20.7 Å². The van der Waals surface area contributed by atoms with E-state index in [4.69, 9.17) is 9.47 Å². The first-order valence-electron chi connectivity index (χ1n) is 10.5. The molecule has 3 rings (SSSR count). The first-order chi connectivity index (χ1) is 15.6. The number of rotatable bonds is 8. The number of esters is 2. The van der Waals surface area contributed by atoms with Crippen molar-refractivity contribution in [2.45, 2.75) is 13.8 Å². The van der Waals surface area contributed by atoms with Crippen LogP contribution >= 0.6 is 0 Å². The number of hydrogen-bond acceptors (Lipinski definition) is 8. The van der Waals surface area contributed by atoms with Crippen LogP contribution in [0.2, 0.25) is 0 Å². The zero-order valence-electron chi connectivity index (χ0n) is 18.2. The summed E-state index contributed by atoms with van der Waals surface area (Å²) in [5.74, 6) is -0.701. The molecule has 1 aliphatic rings. The standard InChI is InChI=1S/C22H26N6O4/c1-3-31-21(29)17-5-9-19(10-6-17)23-25-27-13-15-28(16-14-27)26-24-20-11-7-18(8-12-20)22(30)32-4-2/h5-12H,3-4,13-16H2,1-2H3. The number of carbonyl (C=O) groups excluding carboxylic acids is 2. The van der Waals surface area contributed by atoms with Crippen molar-refractivity contribution in [1.29, 1.82) is 0 Å². The van der Waals surface area contributed by atoms with Crippen molar-refractivity contribution < 1.29 is 19.1 Å². The third kappa shape index (κ3) is 6.59. The molecule has 0 aliphatic carbocycles. The van der Waals surface area contributed by atoms with Crippen molar-refractivity contribution in [3.05, 3.63) is 59.7 Å². The minimum atomic E-state index is -0.351. The van der Waals surface area contributed by atoms with E-state index in [1.54, 1.807) is 62.4 Å². The van der Waals surface area contributed by atoms with Gasteiger partial charge in [0.2, 0.25) is 0 Å². The monoisotopic (exact) mass is 438 g/mol. The van der Waals surface area contributed by atoms with Crippen molar-refractivity contribution in [2.24, 2.45) is 20.7 Å². The van der Waals surface area contributed by atoms with Crippen molar-refractivity contribution in [1.82, 2.24) is 10.0 Å². The molecule has 2 aromatic carbocycles. The number of piperazine rings is 1. The predicted molar refractivity (Wildman–Crippen MR) is 117 cm³/mol. The summed E-state index contributed by atoms with van der Waals surface area (Å²) in [5, 5.41) is 20.7. The quantitative estimate of drug-likeness (QED) is 0.448. The molecule has 0 atom stereocenters. The molecule has 1 aliphatic heterocycles. The van der Waals surface area contributed by atoms with E-state index >= 15 is 0 Å². The molecule has 10 nitrogen and oxygen atoms in total. The fourth-order valence-electron chi connectivity index (χ4n) is 2.85. The first kappa shape index (κ1) is 22.9. The molecule has 1 fully saturated rings. The topological polar surface area (TPSA) is 109 Å². The van der Waals surface area contributed by atoms with Crippen molar-refractivity contribution in [3.63, 3.8) is 0 Å². The highest BCUT2D eigenvalue weighted by molar-refractivity contribution is 5.90. The van der Waals surface area contributed by atoms with Crippen LogP contribution < -0.4 is 0 Å². The maximum Gasteiger partial charge on any atom is 0.338 e. The van der Waals surface area contributed by atoms with Gasteiger partial charge in [0.15, 0.2) is 0 Å². The maximum absolute atomic E-state index is 11.7. The zero-order valence-corrected chi connectivity index (χ0v) is 18.2. The Kier molecular flexibility index (Phi) is 8.24. The Labute approximate surface area is 186 Å². The first-order valence-corrected chi connectivity index (χ1v) is 10.5. The van der Waals surface area contributed by atoms with Crippen LogP contribution in [0.25, 0.3) is 0 Å². The molecule has 168 valence electrons. The van der Waals surface area contributed by atoms with Crippen molar-refractivity contribution in [2.75, 3.05) is 39.4 Å². The van der Waals surface area contributed by atoms with Gasteiger partial charge >= 0.3 is 11.9 Å². The smallest absolute Gasteiger partial charge is 0.338 e. The lowest BCUT2D eigenvalue weighted by atomic mass is 10.2.